The summed E-state index contributed by atoms with van der Waals surface area (Å²) >= 11 is 0. The number of aliphatic hydroxyl groups is 1. The van der Waals surface area contributed by atoms with Crippen LogP contribution in [0.5, 0.6) is 5.75 Å². The number of nitrogens with zero attached hydrogens (tertiary/aromatic N) is 4. The Kier molecular flexibility index (Phi) is 11.4. The Hall–Kier alpha value is -4.63. The molecule has 2 bridgehead atoms. The summed E-state index contributed by atoms with van der Waals surface area (Å²) in [4.78, 5) is 35.1. The quantitative estimate of drug-likeness (QED) is 0.247. The van der Waals surface area contributed by atoms with Crippen LogP contribution in [0.4, 0.5) is 5.69 Å². The Morgan fingerprint density at radius 1 is 1.11 bits per heavy atom. The van der Waals surface area contributed by atoms with Gasteiger partial charge in [-0.1, -0.05) is 50.6 Å². The zero-order valence-electron chi connectivity index (χ0n) is 33.9. The average molecular weight is 764 g/mol. The molecule has 11 nitrogen and oxygen atoms in total. The maximum absolute atomic E-state index is 12.7. The molecule has 6 aliphatic rings. The second-order valence-electron chi connectivity index (χ2n) is 15.9. The first-order valence-corrected chi connectivity index (χ1v) is 20.3. The number of likely N-dealkylation sites (N-methyl/N-ethyl adjacent to an activating group) is 1. The normalized spacial score (nSPS) is 30.8. The molecule has 9 rings (SSSR count). The number of esters is 2. The van der Waals surface area contributed by atoms with Crippen molar-refractivity contribution >= 4 is 28.5 Å². The third kappa shape index (κ3) is 6.59. The van der Waals surface area contributed by atoms with Crippen molar-refractivity contribution in [3.63, 3.8) is 0 Å². The van der Waals surface area contributed by atoms with Crippen LogP contribution >= 0.6 is 0 Å². The second kappa shape index (κ2) is 16.1. The summed E-state index contributed by atoms with van der Waals surface area (Å²) in [5.41, 5.74) is 7.43. The van der Waals surface area contributed by atoms with Gasteiger partial charge in [0.2, 0.25) is 0 Å². The first-order valence-electron chi connectivity index (χ1n) is 20.3. The summed E-state index contributed by atoms with van der Waals surface area (Å²) in [5, 5.41) is 21.8. The van der Waals surface area contributed by atoms with Crippen LogP contribution in [-0.2, 0) is 30.9 Å². The molecular weight excluding hydrogens is 707 g/mol. The predicted octanol–water partition coefficient (Wildman–Crippen LogP) is 5.85. The number of carbonyl (C=O) groups excluding carboxylic acids is 2. The molecule has 9 unspecified atom stereocenters. The van der Waals surface area contributed by atoms with Gasteiger partial charge in [0.25, 0.3) is 0 Å². The number of methoxy groups -OCH3 is 2. The van der Waals surface area contributed by atoms with E-state index in [2.05, 4.69) is 63.0 Å². The molecule has 2 N–H and O–H groups in total. The molecule has 2 aromatic carbocycles. The molecule has 9 atom stereocenters. The number of hydrogen-bond acceptors (Lipinski definition) is 10. The van der Waals surface area contributed by atoms with Gasteiger partial charge in [0.15, 0.2) is 0 Å². The van der Waals surface area contributed by atoms with Crippen molar-refractivity contribution in [1.29, 1.82) is 5.26 Å². The third-order valence-electron chi connectivity index (χ3n) is 13.1. The van der Waals surface area contributed by atoms with Crippen LogP contribution in [0.3, 0.4) is 0 Å². The van der Waals surface area contributed by atoms with Crippen LogP contribution in [0.15, 0.2) is 60.2 Å². The van der Waals surface area contributed by atoms with Gasteiger partial charge in [-0.15, -0.1) is 0 Å². The summed E-state index contributed by atoms with van der Waals surface area (Å²) in [7, 11) is 5.17. The smallest absolute Gasteiger partial charge is 0.314 e. The number of aromatic nitrogens is 1. The number of anilines is 1. The number of fused-ring (bicyclic) bond motifs is 6. The van der Waals surface area contributed by atoms with Crippen LogP contribution in [0, 0.1) is 23.2 Å². The number of rotatable bonds is 4. The minimum Gasteiger partial charge on any atom is -0.497 e. The molecule has 11 heteroatoms. The lowest BCUT2D eigenvalue weighted by Gasteiger charge is -2.54. The van der Waals surface area contributed by atoms with Crippen LogP contribution in [0.2, 0.25) is 0 Å². The van der Waals surface area contributed by atoms with E-state index in [4.69, 9.17) is 14.2 Å². The molecule has 5 aliphatic heterocycles. The van der Waals surface area contributed by atoms with Crippen molar-refractivity contribution in [3.05, 3.63) is 82.6 Å². The molecule has 1 saturated carbocycles. The predicted molar refractivity (Wildman–Crippen MR) is 217 cm³/mol. The summed E-state index contributed by atoms with van der Waals surface area (Å²) in [6.07, 6.45) is 9.05. The van der Waals surface area contributed by atoms with Gasteiger partial charge in [0.1, 0.15) is 18.0 Å². The monoisotopic (exact) mass is 763 g/mol. The number of aliphatic hydroxyl groups excluding tert-OH is 1. The molecule has 0 amide bonds. The number of nitrogens with one attached hydrogen (secondary N) is 1. The molecule has 1 aromatic heterocycles. The standard InChI is InChI=1S/C22H25N3O2.C21H26N2O4.C2H6/c1-3-14-8-16-10-19(22(26)27-2)21-17(6-7-25(12-14)13-16)18-9-15(11-23)4-5-20(18)24-21;1-12(24)27-18-14-5-4-9-23-10-8-21(19(14)23)15-7-6-13(26-3)11-16(15)22(2)20(21)17(18)25;1-2/h4-5,8-9,16,19,24H,3,6-7,10,12-13H2,1-2H3;4-7,11,14,17-20,25H,8-10H2,1-3H3;1-2H3. The van der Waals surface area contributed by atoms with Crippen molar-refractivity contribution in [2.24, 2.45) is 11.8 Å². The third-order valence-corrected chi connectivity index (χ3v) is 13.1. The molecule has 0 radical (unpaired) electrons. The topological polar surface area (TPSA) is 131 Å². The van der Waals surface area contributed by atoms with E-state index in [1.54, 1.807) is 7.11 Å². The number of carbonyl (C=O) groups is 2. The number of nitriles is 1. The summed E-state index contributed by atoms with van der Waals surface area (Å²) in [6, 6.07) is 14.3. The Labute approximate surface area is 330 Å². The maximum atomic E-state index is 12.7. The number of aromatic amines is 1. The van der Waals surface area contributed by atoms with Gasteiger partial charge in [-0.05, 0) is 73.5 Å². The molecule has 1 spiro atoms. The Morgan fingerprint density at radius 3 is 2.62 bits per heavy atom. The van der Waals surface area contributed by atoms with E-state index in [0.717, 1.165) is 92.0 Å². The number of benzene rings is 2. The lowest BCUT2D eigenvalue weighted by atomic mass is 9.58. The van der Waals surface area contributed by atoms with E-state index >= 15 is 0 Å². The van der Waals surface area contributed by atoms with Crippen LogP contribution in [0.1, 0.15) is 75.3 Å². The fourth-order valence-electron chi connectivity index (χ4n) is 11.0. The van der Waals surface area contributed by atoms with Crippen molar-refractivity contribution in [2.45, 2.75) is 89.0 Å². The molecule has 56 heavy (non-hydrogen) atoms. The lowest BCUT2D eigenvalue weighted by molar-refractivity contribution is -0.166. The largest absolute Gasteiger partial charge is 0.497 e. The van der Waals surface area contributed by atoms with Gasteiger partial charge in [-0.3, -0.25) is 19.4 Å². The van der Waals surface area contributed by atoms with Gasteiger partial charge in [0, 0.05) is 85.9 Å². The molecule has 298 valence electrons. The van der Waals surface area contributed by atoms with Crippen LogP contribution in [0.25, 0.3) is 10.9 Å². The number of H-pyrrole nitrogens is 1. The second-order valence-corrected chi connectivity index (χ2v) is 15.9. The minimum absolute atomic E-state index is 0.00199. The molecule has 2 fully saturated rings. The van der Waals surface area contributed by atoms with Crippen molar-refractivity contribution in [1.82, 2.24) is 14.8 Å². The van der Waals surface area contributed by atoms with E-state index in [1.165, 1.54) is 25.2 Å². The molecule has 1 saturated heterocycles. The van der Waals surface area contributed by atoms with Gasteiger partial charge >= 0.3 is 11.9 Å². The SMILES string of the molecule is CC.CCC1=CC2CC(C(=O)OC)c3[nH]c4ccc(C#N)cc4c3CCN(C1)C2.COc1ccc2c(c1)N(C)C1C(O)C(OC(C)=O)C3C=CCN4CCC21C34. The maximum Gasteiger partial charge on any atom is 0.314 e. The molecule has 1 aliphatic carbocycles. The average Bonchev–Trinajstić information content (AvgIpc) is 3.88. The molecule has 3 aromatic rings. The van der Waals surface area contributed by atoms with Gasteiger partial charge in [-0.2, -0.15) is 5.26 Å². The summed E-state index contributed by atoms with van der Waals surface area (Å²) in [5.74, 6) is 0.336. The van der Waals surface area contributed by atoms with E-state index in [9.17, 15) is 20.0 Å². The van der Waals surface area contributed by atoms with Crippen LogP contribution < -0.4 is 9.64 Å². The fourth-order valence-corrected chi connectivity index (χ4v) is 11.0. The zero-order valence-corrected chi connectivity index (χ0v) is 33.9. The molecule has 6 heterocycles. The lowest BCUT2D eigenvalue weighted by Crippen LogP contribution is -2.69. The Balaban J connectivity index is 0.000000164. The van der Waals surface area contributed by atoms with E-state index in [0.29, 0.717) is 11.5 Å². The van der Waals surface area contributed by atoms with E-state index in [1.807, 2.05) is 45.2 Å². The fraction of sp³-hybridized carbons (Fsp3) is 0.533. The van der Waals surface area contributed by atoms with Crippen molar-refractivity contribution in [2.75, 3.05) is 58.9 Å². The highest BCUT2D eigenvalue weighted by Crippen LogP contribution is 2.60. The minimum atomic E-state index is -0.749. The Bertz CT molecular complexity index is 2070. The zero-order chi connectivity index (χ0) is 39.9. The molecular formula is C45H57N5O6. The first-order chi connectivity index (χ1) is 27.1. The first kappa shape index (κ1) is 39.6. The highest BCUT2D eigenvalue weighted by Gasteiger charge is 2.68. The summed E-state index contributed by atoms with van der Waals surface area (Å²) < 4.78 is 16.3. The number of ether oxygens (including phenoxy) is 3. The highest BCUT2D eigenvalue weighted by atomic mass is 16.6. The van der Waals surface area contributed by atoms with Gasteiger partial charge in [-0.25, -0.2) is 0 Å². The number of hydrogen-bond donors (Lipinski definition) is 2. The van der Waals surface area contributed by atoms with Gasteiger partial charge < -0.3 is 29.2 Å². The van der Waals surface area contributed by atoms with Crippen LogP contribution in [-0.4, -0.2) is 110 Å². The van der Waals surface area contributed by atoms with Crippen molar-refractivity contribution in [3.8, 4) is 11.8 Å². The Morgan fingerprint density at radius 2 is 1.91 bits per heavy atom. The van der Waals surface area contributed by atoms with E-state index < -0.39 is 12.2 Å². The van der Waals surface area contributed by atoms with Crippen molar-refractivity contribution < 1.29 is 28.9 Å². The summed E-state index contributed by atoms with van der Waals surface area (Å²) in [6.45, 7) is 12.5. The van der Waals surface area contributed by atoms with Gasteiger partial charge in [0.05, 0.1) is 37.8 Å². The van der Waals surface area contributed by atoms with E-state index in [-0.39, 0.29) is 41.3 Å². The highest BCUT2D eigenvalue weighted by molar-refractivity contribution is 5.89.